The number of sulfone groups is 1. The zero-order valence-corrected chi connectivity index (χ0v) is 14.5. The fourth-order valence-corrected chi connectivity index (χ4v) is 3.79. The molecule has 1 saturated carbocycles. The minimum Gasteiger partial charge on any atom is -0.383 e. The molecule has 0 aromatic heterocycles. The Bertz CT molecular complexity index is 396. The van der Waals surface area contributed by atoms with E-state index < -0.39 is 14.6 Å². The Hall–Kier alpha value is -0.130. The van der Waals surface area contributed by atoms with Gasteiger partial charge in [0, 0.05) is 20.2 Å². The third-order valence-corrected chi connectivity index (χ3v) is 7.06. The van der Waals surface area contributed by atoms with Crippen molar-refractivity contribution in [3.05, 3.63) is 0 Å². The highest BCUT2D eigenvalue weighted by molar-refractivity contribution is 7.92. The summed E-state index contributed by atoms with van der Waals surface area (Å²) in [4.78, 5) is 0. The monoisotopic (exact) mass is 305 g/mol. The first-order valence-electron chi connectivity index (χ1n) is 7.54. The normalized spacial score (nSPS) is 19.9. The molecule has 0 aromatic rings. The Kier molecular flexibility index (Phi) is 6.05. The van der Waals surface area contributed by atoms with Gasteiger partial charge in [0.05, 0.1) is 17.1 Å². The maximum atomic E-state index is 12.3. The molecule has 5 heteroatoms. The van der Waals surface area contributed by atoms with E-state index in [0.717, 1.165) is 19.5 Å². The van der Waals surface area contributed by atoms with Crippen LogP contribution in [0.15, 0.2) is 0 Å². The second-order valence-corrected chi connectivity index (χ2v) is 10.1. The zero-order valence-electron chi connectivity index (χ0n) is 13.7. The van der Waals surface area contributed by atoms with Crippen molar-refractivity contribution in [1.29, 1.82) is 0 Å². The molecular formula is C15H31NO3S. The molecule has 1 rings (SSSR count). The molecule has 0 amide bonds. The summed E-state index contributed by atoms with van der Waals surface area (Å²) in [6, 6.07) is 0. The van der Waals surface area contributed by atoms with Crippen LogP contribution >= 0.6 is 0 Å². The molecule has 20 heavy (non-hydrogen) atoms. The molecule has 0 aliphatic heterocycles. The number of ether oxygens (including phenoxy) is 1. The molecule has 1 unspecified atom stereocenters. The van der Waals surface area contributed by atoms with Crippen LogP contribution in [0.4, 0.5) is 0 Å². The summed E-state index contributed by atoms with van der Waals surface area (Å²) < 4.78 is 28.9. The van der Waals surface area contributed by atoms with Crippen molar-refractivity contribution in [2.24, 2.45) is 11.3 Å². The van der Waals surface area contributed by atoms with Gasteiger partial charge in [0.15, 0.2) is 9.84 Å². The lowest BCUT2D eigenvalue weighted by Gasteiger charge is -2.31. The van der Waals surface area contributed by atoms with Crippen LogP contribution in [0.5, 0.6) is 0 Å². The van der Waals surface area contributed by atoms with Crippen molar-refractivity contribution < 1.29 is 13.2 Å². The summed E-state index contributed by atoms with van der Waals surface area (Å²) >= 11 is 0. The molecule has 0 aromatic carbocycles. The first-order chi connectivity index (χ1) is 9.12. The topological polar surface area (TPSA) is 55.4 Å². The minimum absolute atomic E-state index is 0.0893. The van der Waals surface area contributed by atoms with Crippen molar-refractivity contribution in [3.63, 3.8) is 0 Å². The van der Waals surface area contributed by atoms with Crippen LogP contribution in [0.25, 0.3) is 0 Å². The van der Waals surface area contributed by atoms with Crippen LogP contribution in [0.3, 0.4) is 0 Å². The van der Waals surface area contributed by atoms with E-state index in [1.54, 1.807) is 27.9 Å². The number of rotatable bonds is 9. The van der Waals surface area contributed by atoms with Gasteiger partial charge in [-0.1, -0.05) is 6.92 Å². The van der Waals surface area contributed by atoms with Crippen LogP contribution in [-0.2, 0) is 14.6 Å². The van der Waals surface area contributed by atoms with Crippen LogP contribution in [0, 0.1) is 11.3 Å². The van der Waals surface area contributed by atoms with E-state index in [1.165, 1.54) is 12.8 Å². The van der Waals surface area contributed by atoms with Gasteiger partial charge in [-0.25, -0.2) is 8.42 Å². The molecule has 0 saturated heterocycles. The predicted octanol–water partition coefficient (Wildman–Crippen LogP) is 2.24. The highest BCUT2D eigenvalue weighted by atomic mass is 32.2. The highest BCUT2D eigenvalue weighted by Gasteiger charge is 2.42. The highest BCUT2D eigenvalue weighted by Crippen LogP contribution is 2.47. The van der Waals surface area contributed by atoms with E-state index in [9.17, 15) is 8.42 Å². The molecule has 0 heterocycles. The maximum absolute atomic E-state index is 12.3. The van der Waals surface area contributed by atoms with Gasteiger partial charge in [0.2, 0.25) is 0 Å². The Morgan fingerprint density at radius 3 is 2.25 bits per heavy atom. The Morgan fingerprint density at radius 1 is 1.20 bits per heavy atom. The largest absolute Gasteiger partial charge is 0.383 e. The lowest BCUT2D eigenvalue weighted by atomic mass is 9.82. The average Bonchev–Trinajstić information content (AvgIpc) is 3.15. The summed E-state index contributed by atoms with van der Waals surface area (Å²) in [6.45, 7) is 9.98. The fourth-order valence-electron chi connectivity index (χ4n) is 2.44. The molecule has 4 nitrogen and oxygen atoms in total. The van der Waals surface area contributed by atoms with Crippen molar-refractivity contribution in [2.45, 2.75) is 51.7 Å². The molecule has 0 radical (unpaired) electrons. The number of nitrogens with one attached hydrogen (secondary N) is 1. The summed E-state index contributed by atoms with van der Waals surface area (Å²) in [7, 11) is -1.33. The van der Waals surface area contributed by atoms with E-state index in [0.29, 0.717) is 12.5 Å². The Morgan fingerprint density at radius 2 is 1.80 bits per heavy atom. The summed E-state index contributed by atoms with van der Waals surface area (Å²) in [5.41, 5.74) is 0.0893. The van der Waals surface area contributed by atoms with E-state index >= 15 is 0 Å². The Labute approximate surface area is 124 Å². The van der Waals surface area contributed by atoms with Gasteiger partial charge < -0.3 is 10.1 Å². The third kappa shape index (κ3) is 5.01. The molecule has 1 atom stereocenters. The summed E-state index contributed by atoms with van der Waals surface area (Å²) in [6.07, 6.45) is 3.22. The van der Waals surface area contributed by atoms with Crippen LogP contribution in [-0.4, -0.2) is 45.7 Å². The molecule has 0 bridgehead atoms. The minimum atomic E-state index is -3.02. The zero-order chi connectivity index (χ0) is 15.4. The lowest BCUT2D eigenvalue weighted by Crippen LogP contribution is -2.39. The predicted molar refractivity (Wildman–Crippen MR) is 83.7 cm³/mol. The van der Waals surface area contributed by atoms with Gasteiger partial charge in [0.1, 0.15) is 0 Å². The molecule has 120 valence electrons. The number of hydrogen-bond donors (Lipinski definition) is 1. The average molecular weight is 305 g/mol. The van der Waals surface area contributed by atoms with Gasteiger partial charge in [-0.15, -0.1) is 0 Å². The molecule has 1 aliphatic carbocycles. The Balaban J connectivity index is 2.55. The van der Waals surface area contributed by atoms with Crippen LogP contribution in [0.1, 0.15) is 47.0 Å². The standard InChI is InChI=1S/C15H31NO3S/c1-14(2,3)20(17,18)11-8-15(4,13-6-7-13)12-16-9-10-19-5/h13,16H,6-12H2,1-5H3. The van der Waals surface area contributed by atoms with Crippen molar-refractivity contribution in [1.82, 2.24) is 5.32 Å². The van der Waals surface area contributed by atoms with Gasteiger partial charge in [-0.2, -0.15) is 0 Å². The maximum Gasteiger partial charge on any atom is 0.155 e. The van der Waals surface area contributed by atoms with E-state index in [4.69, 9.17) is 4.74 Å². The van der Waals surface area contributed by atoms with E-state index in [2.05, 4.69) is 12.2 Å². The third-order valence-electron chi connectivity index (χ3n) is 4.45. The van der Waals surface area contributed by atoms with Gasteiger partial charge in [-0.05, 0) is 51.4 Å². The van der Waals surface area contributed by atoms with Crippen molar-refractivity contribution >= 4 is 9.84 Å². The fraction of sp³-hybridized carbons (Fsp3) is 1.00. The van der Waals surface area contributed by atoms with Crippen LogP contribution in [0.2, 0.25) is 0 Å². The molecule has 1 aliphatic rings. The van der Waals surface area contributed by atoms with Crippen LogP contribution < -0.4 is 5.32 Å². The molecule has 1 N–H and O–H groups in total. The number of methoxy groups -OCH3 is 1. The second-order valence-electron chi connectivity index (χ2n) is 7.28. The first-order valence-corrected chi connectivity index (χ1v) is 9.19. The molecule has 1 fully saturated rings. The molecule has 0 spiro atoms. The van der Waals surface area contributed by atoms with Gasteiger partial charge >= 0.3 is 0 Å². The van der Waals surface area contributed by atoms with Crippen molar-refractivity contribution in [3.8, 4) is 0 Å². The van der Waals surface area contributed by atoms with E-state index in [1.807, 2.05) is 0 Å². The van der Waals surface area contributed by atoms with Gasteiger partial charge in [-0.3, -0.25) is 0 Å². The number of hydrogen-bond acceptors (Lipinski definition) is 4. The second kappa shape index (κ2) is 6.75. The lowest BCUT2D eigenvalue weighted by molar-refractivity contribution is 0.186. The first kappa shape index (κ1) is 17.9. The quantitative estimate of drug-likeness (QED) is 0.664. The van der Waals surface area contributed by atoms with E-state index in [-0.39, 0.29) is 11.2 Å². The SMILES string of the molecule is COCCNCC(C)(CCS(=O)(=O)C(C)(C)C)C1CC1. The van der Waals surface area contributed by atoms with Gasteiger partial charge in [0.25, 0.3) is 0 Å². The summed E-state index contributed by atoms with van der Waals surface area (Å²) in [5, 5.41) is 3.40. The molecular weight excluding hydrogens is 274 g/mol. The van der Waals surface area contributed by atoms with Crippen molar-refractivity contribution in [2.75, 3.05) is 32.6 Å². The summed E-state index contributed by atoms with van der Waals surface area (Å²) in [5.74, 6) is 0.961. The smallest absolute Gasteiger partial charge is 0.155 e.